The number of anilines is 1. The number of halogens is 4. The fourth-order valence-corrected chi connectivity index (χ4v) is 2.40. The summed E-state index contributed by atoms with van der Waals surface area (Å²) in [5.41, 5.74) is 6.07. The average Bonchev–Trinajstić information content (AvgIpc) is 2.37. The van der Waals surface area contributed by atoms with Crippen LogP contribution in [0.3, 0.4) is 0 Å². The van der Waals surface area contributed by atoms with E-state index in [2.05, 4.69) is 0 Å². The highest BCUT2D eigenvalue weighted by Gasteiger charge is 2.42. The van der Waals surface area contributed by atoms with E-state index in [-0.39, 0.29) is 29.7 Å². The lowest BCUT2D eigenvalue weighted by Crippen LogP contribution is -2.48. The number of carbonyl (C=O) groups is 2. The van der Waals surface area contributed by atoms with Gasteiger partial charge in [0, 0.05) is 11.3 Å². The van der Waals surface area contributed by atoms with Crippen LogP contribution >= 0.6 is 0 Å². The predicted octanol–water partition coefficient (Wildman–Crippen LogP) is 1.89. The molecule has 1 aliphatic rings. The molecule has 114 valence electrons. The number of alkyl halides is 3. The van der Waals surface area contributed by atoms with Gasteiger partial charge in [-0.25, -0.2) is 4.39 Å². The molecule has 0 spiro atoms. The second kappa shape index (κ2) is 5.01. The molecule has 0 aliphatic heterocycles. The number of Topliss-reactive ketones (excluding diaryl/α,β-unsaturated/α-hetero) is 1. The molecule has 1 aromatic rings. The zero-order chi connectivity index (χ0) is 15.9. The molecule has 4 nitrogen and oxygen atoms in total. The van der Waals surface area contributed by atoms with Gasteiger partial charge < -0.3 is 11.1 Å². The summed E-state index contributed by atoms with van der Waals surface area (Å²) in [6.45, 7) is 1.47. The van der Waals surface area contributed by atoms with Gasteiger partial charge >= 0.3 is 12.1 Å². The standard InChI is InChI=1S/C13H12F4N2O2/c1-5-6-2-3-9(19-12(21)13(15,16)17)11(20)10(6)8(18)4-7(5)14/h4,9H,2-3,18H2,1H3,(H,19,21)/t9-/m0/s1. The van der Waals surface area contributed by atoms with Crippen LogP contribution in [0.15, 0.2) is 6.07 Å². The normalized spacial score (nSPS) is 18.3. The number of hydrogen-bond acceptors (Lipinski definition) is 3. The van der Waals surface area contributed by atoms with Crippen LogP contribution in [-0.2, 0) is 11.2 Å². The highest BCUT2D eigenvalue weighted by Crippen LogP contribution is 2.31. The maximum absolute atomic E-state index is 13.5. The lowest BCUT2D eigenvalue weighted by Gasteiger charge is -2.27. The molecular formula is C13H12F4N2O2. The monoisotopic (exact) mass is 304 g/mol. The third kappa shape index (κ3) is 2.70. The highest BCUT2D eigenvalue weighted by atomic mass is 19.4. The van der Waals surface area contributed by atoms with Crippen molar-refractivity contribution in [3.8, 4) is 0 Å². The number of fused-ring (bicyclic) bond motifs is 1. The van der Waals surface area contributed by atoms with E-state index in [0.29, 0.717) is 5.56 Å². The summed E-state index contributed by atoms with van der Waals surface area (Å²) in [4.78, 5) is 23.1. The molecule has 0 unspecified atom stereocenters. The van der Waals surface area contributed by atoms with Crippen molar-refractivity contribution < 1.29 is 27.2 Å². The Morgan fingerprint density at radius 1 is 1.43 bits per heavy atom. The topological polar surface area (TPSA) is 72.2 Å². The van der Waals surface area contributed by atoms with Crippen molar-refractivity contribution in [3.05, 3.63) is 28.6 Å². The number of ketones is 1. The van der Waals surface area contributed by atoms with Gasteiger partial charge in [0.25, 0.3) is 0 Å². The summed E-state index contributed by atoms with van der Waals surface area (Å²) in [6, 6.07) is -0.348. The predicted molar refractivity (Wildman–Crippen MR) is 66.2 cm³/mol. The first-order valence-electron chi connectivity index (χ1n) is 6.12. The van der Waals surface area contributed by atoms with Crippen LogP contribution in [0.5, 0.6) is 0 Å². The molecule has 0 fully saturated rings. The van der Waals surface area contributed by atoms with Crippen molar-refractivity contribution in [2.24, 2.45) is 0 Å². The van der Waals surface area contributed by atoms with Crippen molar-refractivity contribution in [1.82, 2.24) is 5.32 Å². The minimum Gasteiger partial charge on any atom is -0.398 e. The number of nitrogens with one attached hydrogen (secondary N) is 1. The summed E-state index contributed by atoms with van der Waals surface area (Å²) in [7, 11) is 0. The first-order valence-corrected chi connectivity index (χ1v) is 6.12. The van der Waals surface area contributed by atoms with Crippen LogP contribution in [0.2, 0.25) is 0 Å². The highest BCUT2D eigenvalue weighted by molar-refractivity contribution is 6.08. The molecular weight excluding hydrogens is 292 g/mol. The van der Waals surface area contributed by atoms with Crippen LogP contribution in [0.4, 0.5) is 23.2 Å². The molecule has 21 heavy (non-hydrogen) atoms. The van der Waals surface area contributed by atoms with E-state index < -0.39 is 29.7 Å². The van der Waals surface area contributed by atoms with Crippen molar-refractivity contribution >= 4 is 17.4 Å². The number of nitrogens with two attached hydrogens (primary N) is 1. The Morgan fingerprint density at radius 2 is 2.05 bits per heavy atom. The molecule has 1 atom stereocenters. The van der Waals surface area contributed by atoms with E-state index in [1.165, 1.54) is 6.92 Å². The average molecular weight is 304 g/mol. The number of hydrogen-bond donors (Lipinski definition) is 2. The van der Waals surface area contributed by atoms with Crippen molar-refractivity contribution in [3.63, 3.8) is 0 Å². The third-order valence-electron chi connectivity index (χ3n) is 3.49. The number of amides is 1. The van der Waals surface area contributed by atoms with E-state index in [1.807, 2.05) is 0 Å². The molecule has 0 bridgehead atoms. The van der Waals surface area contributed by atoms with E-state index in [0.717, 1.165) is 6.07 Å². The fourth-order valence-electron chi connectivity index (χ4n) is 2.40. The van der Waals surface area contributed by atoms with Gasteiger partial charge in [0.05, 0.1) is 6.04 Å². The lowest BCUT2D eigenvalue weighted by molar-refractivity contribution is -0.174. The molecule has 2 rings (SSSR count). The molecule has 0 heterocycles. The van der Waals surface area contributed by atoms with Gasteiger partial charge in [-0.05, 0) is 37.0 Å². The Kier molecular flexibility index (Phi) is 3.65. The minimum atomic E-state index is -5.06. The number of benzene rings is 1. The molecule has 0 saturated heterocycles. The van der Waals surface area contributed by atoms with Crippen LogP contribution in [0, 0.1) is 12.7 Å². The first-order chi connectivity index (χ1) is 9.62. The van der Waals surface area contributed by atoms with Gasteiger partial charge in [0.2, 0.25) is 0 Å². The first kappa shape index (κ1) is 15.3. The van der Waals surface area contributed by atoms with Gasteiger partial charge in [-0.2, -0.15) is 13.2 Å². The maximum Gasteiger partial charge on any atom is 0.471 e. The molecule has 1 amide bonds. The Balaban J connectivity index is 2.34. The molecule has 1 aliphatic carbocycles. The van der Waals surface area contributed by atoms with E-state index in [9.17, 15) is 27.2 Å². The smallest absolute Gasteiger partial charge is 0.398 e. The molecule has 8 heteroatoms. The van der Waals surface area contributed by atoms with Crippen molar-refractivity contribution in [1.29, 1.82) is 0 Å². The summed E-state index contributed by atoms with van der Waals surface area (Å²) in [6.07, 6.45) is -4.93. The van der Waals surface area contributed by atoms with Gasteiger partial charge in [0.1, 0.15) is 5.82 Å². The molecule has 0 saturated carbocycles. The SMILES string of the molecule is Cc1c(F)cc(N)c2c1CC[C@H](NC(=O)C(F)(F)F)C2=O. The zero-order valence-corrected chi connectivity index (χ0v) is 11.0. The molecule has 0 aromatic heterocycles. The quantitative estimate of drug-likeness (QED) is 0.615. The summed E-state index contributed by atoms with van der Waals surface area (Å²) < 4.78 is 50.2. The summed E-state index contributed by atoms with van der Waals surface area (Å²) in [5.74, 6) is -3.48. The molecule has 1 aromatic carbocycles. The second-order valence-electron chi connectivity index (χ2n) is 4.85. The van der Waals surface area contributed by atoms with Crippen molar-refractivity contribution in [2.45, 2.75) is 32.0 Å². The fraction of sp³-hybridized carbons (Fsp3) is 0.385. The Hall–Kier alpha value is -2.12. The zero-order valence-electron chi connectivity index (χ0n) is 11.0. The van der Waals surface area contributed by atoms with E-state index in [1.54, 1.807) is 5.32 Å². The molecule has 0 radical (unpaired) electrons. The van der Waals surface area contributed by atoms with Gasteiger partial charge in [-0.1, -0.05) is 0 Å². The van der Waals surface area contributed by atoms with E-state index in [4.69, 9.17) is 5.73 Å². The Bertz CT molecular complexity index is 626. The number of nitrogen functional groups attached to an aromatic ring is 1. The third-order valence-corrected chi connectivity index (χ3v) is 3.49. The van der Waals surface area contributed by atoms with Crippen LogP contribution in [-0.4, -0.2) is 23.9 Å². The number of rotatable bonds is 1. The Labute approximate surface area is 117 Å². The maximum atomic E-state index is 13.5. The molecule has 3 N–H and O–H groups in total. The van der Waals surface area contributed by atoms with Crippen LogP contribution in [0.25, 0.3) is 0 Å². The summed E-state index contributed by atoms with van der Waals surface area (Å²) in [5, 5.41) is 1.65. The second-order valence-corrected chi connectivity index (χ2v) is 4.85. The minimum absolute atomic E-state index is 0.00683. The van der Waals surface area contributed by atoms with Crippen molar-refractivity contribution in [2.75, 3.05) is 5.73 Å². The number of carbonyl (C=O) groups excluding carboxylic acids is 2. The van der Waals surface area contributed by atoms with Gasteiger partial charge in [-0.15, -0.1) is 0 Å². The lowest BCUT2D eigenvalue weighted by atomic mass is 9.83. The van der Waals surface area contributed by atoms with Gasteiger partial charge in [-0.3, -0.25) is 9.59 Å². The van der Waals surface area contributed by atoms with Crippen LogP contribution in [0.1, 0.15) is 27.9 Å². The van der Waals surface area contributed by atoms with E-state index >= 15 is 0 Å². The van der Waals surface area contributed by atoms with Gasteiger partial charge in [0.15, 0.2) is 5.78 Å². The largest absolute Gasteiger partial charge is 0.471 e. The summed E-state index contributed by atoms with van der Waals surface area (Å²) >= 11 is 0. The Morgan fingerprint density at radius 3 is 2.62 bits per heavy atom. The van der Waals surface area contributed by atoms with Crippen LogP contribution < -0.4 is 11.1 Å².